The van der Waals surface area contributed by atoms with E-state index in [1.807, 2.05) is 37.8 Å². The van der Waals surface area contributed by atoms with Crippen LogP contribution in [0.15, 0.2) is 24.3 Å². The first-order chi connectivity index (χ1) is 8.40. The first kappa shape index (κ1) is 13.4. The molecule has 0 bridgehead atoms. The van der Waals surface area contributed by atoms with Crippen LogP contribution in [0.1, 0.15) is 26.3 Å². The second-order valence-electron chi connectivity index (χ2n) is 5.29. The van der Waals surface area contributed by atoms with Gasteiger partial charge >= 0.3 is 0 Å². The minimum atomic E-state index is -0.233. The van der Waals surface area contributed by atoms with Crippen molar-refractivity contribution in [3.8, 4) is 0 Å². The number of carbonyl (C=O) groups is 1. The van der Waals surface area contributed by atoms with Crippen molar-refractivity contribution in [2.75, 3.05) is 6.61 Å². The number of amides is 1. The fourth-order valence-corrected chi connectivity index (χ4v) is 2.49. The Labute approximate surface area is 113 Å². The van der Waals surface area contributed by atoms with Crippen molar-refractivity contribution in [1.29, 1.82) is 0 Å². The zero-order valence-corrected chi connectivity index (χ0v) is 11.7. The quantitative estimate of drug-likeness (QED) is 0.825. The molecule has 1 aromatic rings. The first-order valence-electron chi connectivity index (χ1n) is 6.08. The number of benzene rings is 1. The van der Waals surface area contributed by atoms with Crippen molar-refractivity contribution >= 4 is 17.5 Å². The molecule has 2 rings (SSSR count). The van der Waals surface area contributed by atoms with Crippen molar-refractivity contribution in [3.05, 3.63) is 34.9 Å². The predicted molar refractivity (Wildman–Crippen MR) is 71.5 cm³/mol. The molecule has 0 saturated carbocycles. The van der Waals surface area contributed by atoms with Crippen molar-refractivity contribution in [3.63, 3.8) is 0 Å². The van der Waals surface area contributed by atoms with Gasteiger partial charge in [-0.05, 0) is 38.5 Å². The normalized spacial score (nSPS) is 22.2. The Balaban J connectivity index is 2.10. The largest absolute Gasteiger partial charge is 0.356 e. The molecule has 1 aromatic carbocycles. The average Bonchev–Trinajstić information content (AvgIpc) is 2.56. The standard InChI is InChI=1S/C14H18ClNO2/c1-10-16(14(2,3)9-18-10)13(17)8-11-4-6-12(15)7-5-11/h4-7,10H,8-9H2,1-3H3. The van der Waals surface area contributed by atoms with Crippen molar-refractivity contribution < 1.29 is 9.53 Å². The van der Waals surface area contributed by atoms with Crippen LogP contribution in [0.4, 0.5) is 0 Å². The highest BCUT2D eigenvalue weighted by Gasteiger charge is 2.41. The van der Waals surface area contributed by atoms with Crippen LogP contribution >= 0.6 is 11.6 Å². The molecule has 1 fully saturated rings. The zero-order valence-electron chi connectivity index (χ0n) is 10.9. The third-order valence-corrected chi connectivity index (χ3v) is 3.48. The van der Waals surface area contributed by atoms with Gasteiger partial charge in [-0.25, -0.2) is 0 Å². The Kier molecular flexibility index (Phi) is 3.64. The number of hydrogen-bond acceptors (Lipinski definition) is 2. The molecule has 1 aliphatic heterocycles. The van der Waals surface area contributed by atoms with Gasteiger partial charge < -0.3 is 9.64 Å². The Morgan fingerprint density at radius 2 is 2.06 bits per heavy atom. The summed E-state index contributed by atoms with van der Waals surface area (Å²) in [6.45, 7) is 6.54. The molecule has 0 aliphatic carbocycles. The molecule has 3 nitrogen and oxygen atoms in total. The van der Waals surface area contributed by atoms with E-state index in [1.54, 1.807) is 12.1 Å². The highest BCUT2D eigenvalue weighted by atomic mass is 35.5. The minimum Gasteiger partial charge on any atom is -0.356 e. The summed E-state index contributed by atoms with van der Waals surface area (Å²) in [4.78, 5) is 14.2. The lowest BCUT2D eigenvalue weighted by atomic mass is 10.0. The fraction of sp³-hybridized carbons (Fsp3) is 0.500. The summed E-state index contributed by atoms with van der Waals surface area (Å²) in [6.07, 6.45) is 0.230. The van der Waals surface area contributed by atoms with E-state index in [1.165, 1.54) is 0 Å². The van der Waals surface area contributed by atoms with E-state index in [4.69, 9.17) is 16.3 Å². The summed E-state index contributed by atoms with van der Waals surface area (Å²) >= 11 is 5.83. The van der Waals surface area contributed by atoms with E-state index < -0.39 is 0 Å². The molecule has 4 heteroatoms. The average molecular weight is 268 g/mol. The molecule has 0 radical (unpaired) electrons. The second kappa shape index (κ2) is 4.90. The molecule has 1 saturated heterocycles. The van der Waals surface area contributed by atoms with Crippen LogP contribution in [0.5, 0.6) is 0 Å². The molecule has 0 spiro atoms. The van der Waals surface area contributed by atoms with Crippen LogP contribution in [0.2, 0.25) is 5.02 Å². The van der Waals surface area contributed by atoms with E-state index >= 15 is 0 Å². The monoisotopic (exact) mass is 267 g/mol. The van der Waals surface area contributed by atoms with E-state index in [2.05, 4.69) is 0 Å². The Bertz CT molecular complexity index is 442. The maximum Gasteiger partial charge on any atom is 0.229 e. The van der Waals surface area contributed by atoms with Crippen LogP contribution in [-0.4, -0.2) is 29.2 Å². The highest BCUT2D eigenvalue weighted by Crippen LogP contribution is 2.27. The molecule has 98 valence electrons. The SMILES string of the molecule is CC1OCC(C)(C)N1C(=O)Cc1ccc(Cl)cc1. The van der Waals surface area contributed by atoms with E-state index in [-0.39, 0.29) is 17.7 Å². The van der Waals surface area contributed by atoms with Gasteiger partial charge in [-0.15, -0.1) is 0 Å². The zero-order chi connectivity index (χ0) is 13.3. The number of hydrogen-bond donors (Lipinski definition) is 0. The molecule has 1 unspecified atom stereocenters. The van der Waals surface area contributed by atoms with Crippen LogP contribution in [0, 0.1) is 0 Å². The molecular weight excluding hydrogens is 250 g/mol. The Morgan fingerprint density at radius 3 is 2.56 bits per heavy atom. The Morgan fingerprint density at radius 1 is 1.44 bits per heavy atom. The number of rotatable bonds is 2. The van der Waals surface area contributed by atoms with Crippen LogP contribution in [-0.2, 0) is 16.0 Å². The predicted octanol–water partition coefficient (Wildman–Crippen LogP) is 2.87. The maximum absolute atomic E-state index is 12.3. The van der Waals surface area contributed by atoms with Crippen LogP contribution in [0.25, 0.3) is 0 Å². The van der Waals surface area contributed by atoms with Gasteiger partial charge in [0.2, 0.25) is 5.91 Å². The molecule has 0 aromatic heterocycles. The topological polar surface area (TPSA) is 29.5 Å². The smallest absolute Gasteiger partial charge is 0.229 e. The van der Waals surface area contributed by atoms with Gasteiger partial charge in [-0.1, -0.05) is 23.7 Å². The summed E-state index contributed by atoms with van der Waals surface area (Å²) < 4.78 is 5.54. The molecule has 1 heterocycles. The molecule has 18 heavy (non-hydrogen) atoms. The lowest BCUT2D eigenvalue weighted by Gasteiger charge is -2.32. The Hall–Kier alpha value is -1.06. The number of nitrogens with zero attached hydrogens (tertiary/aromatic N) is 1. The van der Waals surface area contributed by atoms with Crippen LogP contribution < -0.4 is 0 Å². The van der Waals surface area contributed by atoms with Gasteiger partial charge in [0.15, 0.2) is 0 Å². The third-order valence-electron chi connectivity index (χ3n) is 3.23. The van der Waals surface area contributed by atoms with Gasteiger partial charge in [0, 0.05) is 5.02 Å². The van der Waals surface area contributed by atoms with E-state index in [0.29, 0.717) is 18.1 Å². The van der Waals surface area contributed by atoms with Gasteiger partial charge in [-0.2, -0.15) is 0 Å². The molecule has 1 aliphatic rings. The van der Waals surface area contributed by atoms with Gasteiger partial charge in [0.1, 0.15) is 6.23 Å². The number of carbonyl (C=O) groups excluding carboxylic acids is 1. The fourth-order valence-electron chi connectivity index (χ4n) is 2.36. The van der Waals surface area contributed by atoms with Crippen molar-refractivity contribution in [2.24, 2.45) is 0 Å². The van der Waals surface area contributed by atoms with Gasteiger partial charge in [-0.3, -0.25) is 4.79 Å². The molecule has 1 amide bonds. The summed E-state index contributed by atoms with van der Waals surface area (Å²) in [7, 11) is 0. The molecule has 0 N–H and O–H groups in total. The molecule has 1 atom stereocenters. The van der Waals surface area contributed by atoms with Gasteiger partial charge in [0.05, 0.1) is 18.6 Å². The highest BCUT2D eigenvalue weighted by molar-refractivity contribution is 6.30. The van der Waals surface area contributed by atoms with E-state index in [0.717, 1.165) is 5.56 Å². The third kappa shape index (κ3) is 2.68. The lowest BCUT2D eigenvalue weighted by molar-refractivity contribution is -0.138. The molecular formula is C14H18ClNO2. The van der Waals surface area contributed by atoms with Crippen molar-refractivity contribution in [2.45, 2.75) is 39.0 Å². The second-order valence-corrected chi connectivity index (χ2v) is 5.73. The summed E-state index contributed by atoms with van der Waals surface area (Å²) in [5, 5.41) is 0.685. The summed E-state index contributed by atoms with van der Waals surface area (Å²) in [6, 6.07) is 7.38. The van der Waals surface area contributed by atoms with Gasteiger partial charge in [0.25, 0.3) is 0 Å². The lowest BCUT2D eigenvalue weighted by Crippen LogP contribution is -2.48. The summed E-state index contributed by atoms with van der Waals surface area (Å²) in [5.74, 6) is 0.0901. The van der Waals surface area contributed by atoms with E-state index in [9.17, 15) is 4.79 Å². The minimum absolute atomic E-state index is 0.0901. The van der Waals surface area contributed by atoms with Crippen LogP contribution in [0.3, 0.4) is 0 Å². The first-order valence-corrected chi connectivity index (χ1v) is 6.46. The van der Waals surface area contributed by atoms with Crippen molar-refractivity contribution in [1.82, 2.24) is 4.90 Å². The summed E-state index contributed by atoms with van der Waals surface area (Å²) in [5.41, 5.74) is 0.738. The number of halogens is 1. The number of ether oxygens (including phenoxy) is 1. The maximum atomic E-state index is 12.3.